The summed E-state index contributed by atoms with van der Waals surface area (Å²) in [5.41, 5.74) is 1.81. The predicted molar refractivity (Wildman–Crippen MR) is 98.0 cm³/mol. The monoisotopic (exact) mass is 374 g/mol. The molecule has 0 saturated carbocycles. The van der Waals surface area contributed by atoms with E-state index in [9.17, 15) is 13.2 Å². The third-order valence-electron chi connectivity index (χ3n) is 4.23. The van der Waals surface area contributed by atoms with Crippen LogP contribution in [0.25, 0.3) is 0 Å². The van der Waals surface area contributed by atoms with Crippen molar-refractivity contribution >= 4 is 15.9 Å². The Hall–Kier alpha value is -2.22. The molecule has 0 radical (unpaired) electrons. The minimum Gasteiger partial charge on any atom is -0.379 e. The summed E-state index contributed by atoms with van der Waals surface area (Å²) in [6.45, 7) is 1.96. The van der Waals surface area contributed by atoms with Crippen LogP contribution < -0.4 is 5.32 Å². The van der Waals surface area contributed by atoms with E-state index < -0.39 is 10.0 Å². The molecule has 138 valence electrons. The first kappa shape index (κ1) is 18.6. The number of hydrogen-bond donors (Lipinski definition) is 1. The van der Waals surface area contributed by atoms with E-state index in [4.69, 9.17) is 4.74 Å². The van der Waals surface area contributed by atoms with Crippen molar-refractivity contribution in [3.63, 3.8) is 0 Å². The maximum absolute atomic E-state index is 12.6. The second-order valence-corrected chi connectivity index (χ2v) is 8.04. The number of morpholine rings is 1. The third kappa shape index (κ3) is 4.69. The van der Waals surface area contributed by atoms with Crippen LogP contribution in [-0.2, 0) is 32.5 Å². The highest BCUT2D eigenvalue weighted by atomic mass is 32.2. The summed E-state index contributed by atoms with van der Waals surface area (Å²) in [4.78, 5) is 12.3. The van der Waals surface area contributed by atoms with Gasteiger partial charge in [0.2, 0.25) is 15.9 Å². The minimum absolute atomic E-state index is 0.0683. The van der Waals surface area contributed by atoms with Gasteiger partial charge in [0.15, 0.2) is 0 Å². The lowest BCUT2D eigenvalue weighted by atomic mass is 10.1. The number of sulfonamides is 1. The molecule has 0 bridgehead atoms. The molecular formula is C19H22N2O4S. The molecule has 26 heavy (non-hydrogen) atoms. The Kier molecular flexibility index (Phi) is 6.03. The number of carbonyl (C=O) groups excluding carboxylic acids is 1. The molecule has 2 aromatic carbocycles. The second-order valence-electron chi connectivity index (χ2n) is 6.10. The van der Waals surface area contributed by atoms with Crippen molar-refractivity contribution in [3.8, 4) is 0 Å². The summed E-state index contributed by atoms with van der Waals surface area (Å²) in [6.07, 6.45) is 0.324. The van der Waals surface area contributed by atoms with E-state index >= 15 is 0 Å². The van der Waals surface area contributed by atoms with Crippen LogP contribution in [0.5, 0.6) is 0 Å². The van der Waals surface area contributed by atoms with Gasteiger partial charge in [-0.1, -0.05) is 42.5 Å². The summed E-state index contributed by atoms with van der Waals surface area (Å²) < 4.78 is 31.8. The quantitative estimate of drug-likeness (QED) is 0.833. The molecule has 1 amide bonds. The van der Waals surface area contributed by atoms with Crippen molar-refractivity contribution in [2.75, 3.05) is 26.3 Å². The number of carbonyl (C=O) groups is 1. The molecule has 0 unspecified atom stereocenters. The summed E-state index contributed by atoms with van der Waals surface area (Å²) in [7, 11) is -3.48. The van der Waals surface area contributed by atoms with Gasteiger partial charge < -0.3 is 10.1 Å². The smallest absolute Gasteiger partial charge is 0.243 e. The van der Waals surface area contributed by atoms with Gasteiger partial charge in [-0.3, -0.25) is 4.79 Å². The molecule has 2 aromatic rings. The average Bonchev–Trinajstić information content (AvgIpc) is 2.68. The summed E-state index contributed by atoms with van der Waals surface area (Å²) >= 11 is 0. The Morgan fingerprint density at radius 1 is 0.962 bits per heavy atom. The van der Waals surface area contributed by atoms with E-state index in [1.165, 1.54) is 4.31 Å². The van der Waals surface area contributed by atoms with Gasteiger partial charge in [-0.15, -0.1) is 0 Å². The molecular weight excluding hydrogens is 352 g/mol. The van der Waals surface area contributed by atoms with Crippen LogP contribution in [-0.4, -0.2) is 44.9 Å². The van der Waals surface area contributed by atoms with Gasteiger partial charge in [0, 0.05) is 19.6 Å². The number of ether oxygens (including phenoxy) is 1. The molecule has 7 heteroatoms. The van der Waals surface area contributed by atoms with E-state index in [2.05, 4.69) is 5.32 Å². The van der Waals surface area contributed by atoms with E-state index in [0.717, 1.165) is 11.1 Å². The fourth-order valence-electron chi connectivity index (χ4n) is 2.76. The highest BCUT2D eigenvalue weighted by Gasteiger charge is 2.26. The van der Waals surface area contributed by atoms with Crippen LogP contribution in [0.3, 0.4) is 0 Å². The first-order valence-electron chi connectivity index (χ1n) is 8.53. The molecule has 0 spiro atoms. The van der Waals surface area contributed by atoms with Gasteiger partial charge in [-0.2, -0.15) is 4.31 Å². The van der Waals surface area contributed by atoms with E-state index in [-0.39, 0.29) is 10.8 Å². The highest BCUT2D eigenvalue weighted by molar-refractivity contribution is 7.89. The van der Waals surface area contributed by atoms with Crippen molar-refractivity contribution in [1.29, 1.82) is 0 Å². The first-order chi connectivity index (χ1) is 12.6. The fourth-order valence-corrected chi connectivity index (χ4v) is 4.17. The number of hydrogen-bond acceptors (Lipinski definition) is 4. The summed E-state index contributed by atoms with van der Waals surface area (Å²) in [6, 6.07) is 16.2. The lowest BCUT2D eigenvalue weighted by Crippen LogP contribution is -2.40. The van der Waals surface area contributed by atoms with Crippen LogP contribution >= 0.6 is 0 Å². The maximum Gasteiger partial charge on any atom is 0.243 e. The fraction of sp³-hybridized carbons (Fsp3) is 0.316. The molecule has 1 saturated heterocycles. The number of benzene rings is 2. The van der Waals surface area contributed by atoms with Gasteiger partial charge >= 0.3 is 0 Å². The SMILES string of the molecule is O=C(Cc1ccccc1)NCc1ccc(S(=O)(=O)N2CCOCC2)cc1. The van der Waals surface area contributed by atoms with Crippen LogP contribution in [0.2, 0.25) is 0 Å². The van der Waals surface area contributed by atoms with Crippen LogP contribution in [0.15, 0.2) is 59.5 Å². The lowest BCUT2D eigenvalue weighted by Gasteiger charge is -2.26. The van der Waals surface area contributed by atoms with Gasteiger partial charge in [-0.25, -0.2) is 8.42 Å². The topological polar surface area (TPSA) is 75.7 Å². The summed E-state index contributed by atoms with van der Waals surface area (Å²) in [5.74, 6) is -0.0683. The van der Waals surface area contributed by atoms with Crippen molar-refractivity contribution < 1.29 is 17.9 Å². The molecule has 6 nitrogen and oxygen atoms in total. The number of rotatable bonds is 6. The molecule has 0 atom stereocenters. The molecule has 1 heterocycles. The molecule has 3 rings (SSSR count). The maximum atomic E-state index is 12.6. The van der Waals surface area contributed by atoms with Gasteiger partial charge in [0.25, 0.3) is 0 Å². The standard InChI is InChI=1S/C19H22N2O4S/c22-19(14-16-4-2-1-3-5-16)20-15-17-6-8-18(9-7-17)26(23,24)21-10-12-25-13-11-21/h1-9H,10-15H2,(H,20,22). The highest BCUT2D eigenvalue weighted by Crippen LogP contribution is 2.17. The zero-order valence-electron chi connectivity index (χ0n) is 14.4. The Morgan fingerprint density at radius 3 is 2.27 bits per heavy atom. The van der Waals surface area contributed by atoms with Crippen LogP contribution in [0, 0.1) is 0 Å². The number of nitrogens with zero attached hydrogens (tertiary/aromatic N) is 1. The van der Waals surface area contributed by atoms with Crippen molar-refractivity contribution in [2.45, 2.75) is 17.9 Å². The Balaban J connectivity index is 1.56. The van der Waals surface area contributed by atoms with Crippen LogP contribution in [0.1, 0.15) is 11.1 Å². The first-order valence-corrected chi connectivity index (χ1v) is 9.97. The zero-order chi connectivity index (χ0) is 18.4. The average molecular weight is 374 g/mol. The van der Waals surface area contributed by atoms with Crippen LogP contribution in [0.4, 0.5) is 0 Å². The largest absolute Gasteiger partial charge is 0.379 e. The predicted octanol–water partition coefficient (Wildman–Crippen LogP) is 1.57. The van der Waals surface area contributed by atoms with Crippen molar-refractivity contribution in [2.24, 2.45) is 0 Å². The molecule has 1 aliphatic rings. The third-order valence-corrected chi connectivity index (χ3v) is 6.14. The number of nitrogens with one attached hydrogen (secondary N) is 1. The zero-order valence-corrected chi connectivity index (χ0v) is 15.2. The lowest BCUT2D eigenvalue weighted by molar-refractivity contribution is -0.120. The molecule has 0 aromatic heterocycles. The van der Waals surface area contributed by atoms with E-state index in [0.29, 0.717) is 39.3 Å². The van der Waals surface area contributed by atoms with Crippen molar-refractivity contribution in [1.82, 2.24) is 9.62 Å². The molecule has 1 aliphatic heterocycles. The molecule has 1 N–H and O–H groups in total. The van der Waals surface area contributed by atoms with Gasteiger partial charge in [-0.05, 0) is 23.3 Å². The molecule has 1 fully saturated rings. The van der Waals surface area contributed by atoms with Gasteiger partial charge in [0.1, 0.15) is 0 Å². The Morgan fingerprint density at radius 2 is 1.62 bits per heavy atom. The normalized spacial score (nSPS) is 15.5. The van der Waals surface area contributed by atoms with Gasteiger partial charge in [0.05, 0.1) is 24.5 Å². The number of amides is 1. The van der Waals surface area contributed by atoms with E-state index in [1.807, 2.05) is 30.3 Å². The Bertz CT molecular complexity index is 830. The molecule has 0 aliphatic carbocycles. The minimum atomic E-state index is -3.48. The second kappa shape index (κ2) is 8.44. The summed E-state index contributed by atoms with van der Waals surface area (Å²) in [5, 5.41) is 2.85. The van der Waals surface area contributed by atoms with E-state index in [1.54, 1.807) is 24.3 Å². The van der Waals surface area contributed by atoms with Crippen molar-refractivity contribution in [3.05, 3.63) is 65.7 Å². The Labute approximate surface area is 153 Å².